The van der Waals surface area contributed by atoms with Crippen molar-refractivity contribution in [3.63, 3.8) is 0 Å². The highest BCUT2D eigenvalue weighted by molar-refractivity contribution is 5.97. The highest BCUT2D eigenvalue weighted by Gasteiger charge is 2.33. The second-order valence-electron chi connectivity index (χ2n) is 6.35. The number of piperidine rings is 1. The van der Waals surface area contributed by atoms with Crippen molar-refractivity contribution in [1.82, 2.24) is 10.2 Å². The van der Waals surface area contributed by atoms with Crippen LogP contribution in [0.25, 0.3) is 0 Å². The lowest BCUT2D eigenvalue weighted by Gasteiger charge is -2.36. The van der Waals surface area contributed by atoms with Gasteiger partial charge in [-0.15, -0.1) is 0 Å². The summed E-state index contributed by atoms with van der Waals surface area (Å²) in [5.41, 5.74) is 1.26. The quantitative estimate of drug-likeness (QED) is 0.879. The molecule has 1 aromatic rings. The molecule has 2 N–H and O–H groups in total. The van der Waals surface area contributed by atoms with Crippen LogP contribution < -0.4 is 10.2 Å². The molecule has 0 aromatic heterocycles. The molecule has 0 saturated carbocycles. The first-order valence-electron chi connectivity index (χ1n) is 8.16. The zero-order valence-corrected chi connectivity index (χ0v) is 13.6. The van der Waals surface area contributed by atoms with E-state index < -0.39 is 11.9 Å². The summed E-state index contributed by atoms with van der Waals surface area (Å²) in [6, 6.07) is 6.78. The number of urea groups is 1. The average Bonchev–Trinajstić information content (AvgIpc) is 3.00. The number of carboxylic acid groups (broad SMARTS) is 1. The monoisotopic (exact) mass is 331 g/mol. The molecule has 2 heterocycles. The van der Waals surface area contributed by atoms with Crippen molar-refractivity contribution in [2.75, 3.05) is 24.5 Å². The second-order valence-corrected chi connectivity index (χ2v) is 6.35. The lowest BCUT2D eigenvalue weighted by molar-refractivity contribution is -0.143. The largest absolute Gasteiger partial charge is 0.481 e. The van der Waals surface area contributed by atoms with Crippen LogP contribution in [0.3, 0.4) is 0 Å². The van der Waals surface area contributed by atoms with E-state index in [9.17, 15) is 19.5 Å². The van der Waals surface area contributed by atoms with E-state index in [4.69, 9.17) is 0 Å². The fourth-order valence-corrected chi connectivity index (χ4v) is 3.26. The van der Waals surface area contributed by atoms with Gasteiger partial charge in [-0.05, 0) is 44.0 Å². The van der Waals surface area contributed by atoms with Crippen LogP contribution in [0.5, 0.6) is 0 Å². The van der Waals surface area contributed by atoms with E-state index in [1.54, 1.807) is 34.1 Å². The van der Waals surface area contributed by atoms with Gasteiger partial charge in [0.05, 0.1) is 5.92 Å². The van der Waals surface area contributed by atoms with Crippen molar-refractivity contribution >= 4 is 23.6 Å². The van der Waals surface area contributed by atoms with Crippen molar-refractivity contribution in [2.24, 2.45) is 5.92 Å². The van der Waals surface area contributed by atoms with Crippen LogP contribution >= 0.6 is 0 Å². The number of likely N-dealkylation sites (tertiary alicyclic amines) is 1. The van der Waals surface area contributed by atoms with E-state index in [-0.39, 0.29) is 24.5 Å². The molecule has 0 spiro atoms. The minimum absolute atomic E-state index is 0.0251. The smallest absolute Gasteiger partial charge is 0.321 e. The Hall–Kier alpha value is -2.57. The number of benzene rings is 1. The van der Waals surface area contributed by atoms with Gasteiger partial charge in [0, 0.05) is 36.9 Å². The predicted molar refractivity (Wildman–Crippen MR) is 88.0 cm³/mol. The van der Waals surface area contributed by atoms with Gasteiger partial charge >= 0.3 is 12.0 Å². The average molecular weight is 331 g/mol. The summed E-state index contributed by atoms with van der Waals surface area (Å²) in [5.74, 6) is -1.52. The first kappa shape index (κ1) is 16.3. The number of hydrogen-bond acceptors (Lipinski definition) is 3. The van der Waals surface area contributed by atoms with Gasteiger partial charge in [-0.1, -0.05) is 0 Å². The standard InChI is InChI=1S/C17H21N3O4/c1-11-2-3-13(16(22)23)10-20(11)15(21)12-4-6-14(7-5-12)19-9-8-18-17(19)24/h4-7,11,13H,2-3,8-10H2,1H3,(H,18,24)(H,22,23). The van der Waals surface area contributed by atoms with Crippen LogP contribution in [0.4, 0.5) is 10.5 Å². The van der Waals surface area contributed by atoms with Gasteiger partial charge in [0.1, 0.15) is 0 Å². The third-order valence-corrected chi connectivity index (χ3v) is 4.77. The second kappa shape index (κ2) is 6.51. The number of amides is 3. The Kier molecular flexibility index (Phi) is 4.42. The molecule has 0 aliphatic carbocycles. The molecule has 1 aromatic carbocycles. The molecule has 2 aliphatic heterocycles. The van der Waals surface area contributed by atoms with Crippen molar-refractivity contribution < 1.29 is 19.5 Å². The normalized spacial score (nSPS) is 24.0. The number of aliphatic carboxylic acids is 1. The van der Waals surface area contributed by atoms with Crippen LogP contribution in [0, 0.1) is 5.92 Å². The molecule has 2 saturated heterocycles. The minimum Gasteiger partial charge on any atom is -0.481 e. The van der Waals surface area contributed by atoms with Crippen molar-refractivity contribution in [2.45, 2.75) is 25.8 Å². The molecule has 7 nitrogen and oxygen atoms in total. The van der Waals surface area contributed by atoms with Gasteiger partial charge in [-0.3, -0.25) is 14.5 Å². The summed E-state index contributed by atoms with van der Waals surface area (Å²) in [7, 11) is 0. The zero-order valence-electron chi connectivity index (χ0n) is 13.6. The molecule has 0 radical (unpaired) electrons. The summed E-state index contributed by atoms with van der Waals surface area (Å²) >= 11 is 0. The number of anilines is 1. The van der Waals surface area contributed by atoms with Crippen LogP contribution in [0.15, 0.2) is 24.3 Å². The lowest BCUT2D eigenvalue weighted by atomic mass is 9.93. The molecule has 2 aliphatic rings. The van der Waals surface area contributed by atoms with Crippen molar-refractivity contribution in [3.8, 4) is 0 Å². The number of carbonyl (C=O) groups excluding carboxylic acids is 2. The van der Waals surface area contributed by atoms with Crippen LogP contribution in [-0.4, -0.2) is 53.6 Å². The van der Waals surface area contributed by atoms with Gasteiger partial charge in [0.15, 0.2) is 0 Å². The molecule has 128 valence electrons. The first-order chi connectivity index (χ1) is 11.5. The summed E-state index contributed by atoms with van der Waals surface area (Å²) in [6.45, 7) is 3.40. The fourth-order valence-electron chi connectivity index (χ4n) is 3.26. The van der Waals surface area contributed by atoms with Gasteiger partial charge in [0.25, 0.3) is 5.91 Å². The van der Waals surface area contributed by atoms with E-state index in [2.05, 4.69) is 5.32 Å². The maximum absolute atomic E-state index is 12.7. The molecule has 0 bridgehead atoms. The van der Waals surface area contributed by atoms with E-state index in [1.165, 1.54) is 0 Å². The van der Waals surface area contributed by atoms with Crippen LogP contribution in [0.1, 0.15) is 30.1 Å². The van der Waals surface area contributed by atoms with Crippen molar-refractivity contribution in [3.05, 3.63) is 29.8 Å². The number of carboxylic acids is 1. The molecular formula is C17H21N3O4. The zero-order chi connectivity index (χ0) is 17.3. The molecule has 7 heteroatoms. The molecule has 2 unspecified atom stereocenters. The molecular weight excluding hydrogens is 310 g/mol. The molecule has 2 fully saturated rings. The topological polar surface area (TPSA) is 89.9 Å². The number of carbonyl (C=O) groups is 3. The van der Waals surface area contributed by atoms with E-state index in [0.29, 0.717) is 31.5 Å². The van der Waals surface area contributed by atoms with Gasteiger partial charge in [0.2, 0.25) is 0 Å². The first-order valence-corrected chi connectivity index (χ1v) is 8.16. The maximum atomic E-state index is 12.7. The van der Waals surface area contributed by atoms with E-state index >= 15 is 0 Å². The predicted octanol–water partition coefficient (Wildman–Crippen LogP) is 1.54. The summed E-state index contributed by atoms with van der Waals surface area (Å²) in [4.78, 5) is 38.9. The Morgan fingerprint density at radius 1 is 1.21 bits per heavy atom. The van der Waals surface area contributed by atoms with Gasteiger partial charge < -0.3 is 15.3 Å². The van der Waals surface area contributed by atoms with Crippen molar-refractivity contribution in [1.29, 1.82) is 0 Å². The third kappa shape index (κ3) is 3.06. The molecule has 3 amide bonds. The van der Waals surface area contributed by atoms with E-state index in [0.717, 1.165) is 5.69 Å². The summed E-state index contributed by atoms with van der Waals surface area (Å²) in [6.07, 6.45) is 1.29. The maximum Gasteiger partial charge on any atom is 0.321 e. The highest BCUT2D eigenvalue weighted by Crippen LogP contribution is 2.25. The fraction of sp³-hybridized carbons (Fsp3) is 0.471. The molecule has 24 heavy (non-hydrogen) atoms. The Bertz CT molecular complexity index is 658. The molecule has 3 rings (SSSR count). The lowest BCUT2D eigenvalue weighted by Crippen LogP contribution is -2.47. The number of nitrogens with one attached hydrogen (secondary N) is 1. The van der Waals surface area contributed by atoms with Crippen LogP contribution in [-0.2, 0) is 4.79 Å². The number of nitrogens with zero attached hydrogens (tertiary/aromatic N) is 2. The Balaban J connectivity index is 1.74. The Labute approximate surface area is 140 Å². The third-order valence-electron chi connectivity index (χ3n) is 4.77. The SMILES string of the molecule is CC1CCC(C(=O)O)CN1C(=O)c1ccc(N2CCNC2=O)cc1. The Morgan fingerprint density at radius 3 is 2.50 bits per heavy atom. The summed E-state index contributed by atoms with van der Waals surface area (Å²) < 4.78 is 0. The summed E-state index contributed by atoms with van der Waals surface area (Å²) in [5, 5.41) is 11.9. The number of hydrogen-bond donors (Lipinski definition) is 2. The van der Waals surface area contributed by atoms with E-state index in [1.807, 2.05) is 6.92 Å². The highest BCUT2D eigenvalue weighted by atomic mass is 16.4. The Morgan fingerprint density at radius 2 is 1.92 bits per heavy atom. The molecule has 2 atom stereocenters. The number of rotatable bonds is 3. The van der Waals surface area contributed by atoms with Crippen LogP contribution in [0.2, 0.25) is 0 Å². The minimum atomic E-state index is -0.852. The van der Waals surface area contributed by atoms with Gasteiger partial charge in [-0.2, -0.15) is 0 Å². The van der Waals surface area contributed by atoms with Gasteiger partial charge in [-0.25, -0.2) is 4.79 Å².